The maximum absolute atomic E-state index is 11.9. The van der Waals surface area contributed by atoms with Crippen molar-refractivity contribution in [2.24, 2.45) is 0 Å². The zero-order chi connectivity index (χ0) is 18.4. The van der Waals surface area contributed by atoms with Gasteiger partial charge in [-0.15, -0.1) is 0 Å². The maximum atomic E-state index is 11.9. The van der Waals surface area contributed by atoms with E-state index in [4.69, 9.17) is 32.7 Å². The summed E-state index contributed by atoms with van der Waals surface area (Å²) >= 11 is 11.7. The van der Waals surface area contributed by atoms with Gasteiger partial charge in [0, 0.05) is 11.1 Å². The quantitative estimate of drug-likeness (QED) is 0.443. The second-order valence-corrected chi connectivity index (χ2v) is 5.48. The second kappa shape index (κ2) is 8.41. The monoisotopic (exact) mass is 385 g/mol. The van der Waals surface area contributed by atoms with Gasteiger partial charge in [-0.2, -0.15) is 0 Å². The van der Waals surface area contributed by atoms with Crippen molar-refractivity contribution >= 4 is 40.6 Å². The summed E-state index contributed by atoms with van der Waals surface area (Å²) in [7, 11) is 1.34. The number of rotatable bonds is 6. The van der Waals surface area contributed by atoms with Crippen LogP contribution in [0.5, 0.6) is 11.5 Å². The molecule has 25 heavy (non-hydrogen) atoms. The predicted molar refractivity (Wildman–Crippen MR) is 93.8 cm³/mol. The predicted octanol–water partition coefficient (Wildman–Crippen LogP) is 4.07. The first-order valence-electron chi connectivity index (χ1n) is 6.86. The van der Waals surface area contributed by atoms with E-state index in [-0.39, 0.29) is 23.9 Å². The average molecular weight is 386 g/mol. The van der Waals surface area contributed by atoms with Gasteiger partial charge in [0.2, 0.25) is 0 Å². The van der Waals surface area contributed by atoms with Crippen molar-refractivity contribution in [1.29, 1.82) is 0 Å². The van der Waals surface area contributed by atoms with Gasteiger partial charge in [-0.25, -0.2) is 4.79 Å². The molecule has 2 N–H and O–H groups in total. The minimum absolute atomic E-state index is 0.150. The highest BCUT2D eigenvalue weighted by molar-refractivity contribution is 6.35. The normalized spacial score (nSPS) is 10.0. The molecule has 2 amide bonds. The molecule has 0 radical (unpaired) electrons. The summed E-state index contributed by atoms with van der Waals surface area (Å²) in [6, 6.07) is 7.93. The Morgan fingerprint density at radius 1 is 1.20 bits per heavy atom. The number of urea groups is 1. The molecular weight excluding hydrogens is 373 g/mol. The van der Waals surface area contributed by atoms with E-state index in [1.165, 1.54) is 31.4 Å². The summed E-state index contributed by atoms with van der Waals surface area (Å²) in [5.74, 6) is 0.519. The number of nitro benzene ring substituents is 1. The summed E-state index contributed by atoms with van der Waals surface area (Å²) in [6.45, 7) is -0.150. The zero-order valence-electron chi connectivity index (χ0n) is 12.9. The Hall–Kier alpha value is -2.71. The third kappa shape index (κ3) is 5.13. The number of nitro groups is 1. The minimum Gasteiger partial charge on any atom is -0.494 e. The Balaban J connectivity index is 1.93. The molecule has 0 aliphatic rings. The molecule has 0 fully saturated rings. The number of amides is 2. The number of non-ortho nitro benzene ring substituents is 1. The molecule has 0 saturated carbocycles. The molecule has 132 valence electrons. The molecule has 2 aromatic rings. The van der Waals surface area contributed by atoms with Crippen LogP contribution < -0.4 is 20.1 Å². The smallest absolute Gasteiger partial charge is 0.321 e. The minimum atomic E-state index is -0.586. The molecule has 0 aliphatic carbocycles. The molecule has 0 heterocycles. The lowest BCUT2D eigenvalue weighted by Crippen LogP contribution is -2.32. The van der Waals surface area contributed by atoms with Crippen LogP contribution in [0.2, 0.25) is 10.0 Å². The molecule has 10 heteroatoms. The van der Waals surface area contributed by atoms with Gasteiger partial charge in [-0.05, 0) is 24.3 Å². The molecule has 8 nitrogen and oxygen atoms in total. The van der Waals surface area contributed by atoms with E-state index in [1.807, 2.05) is 0 Å². The van der Waals surface area contributed by atoms with Crippen LogP contribution >= 0.6 is 23.2 Å². The molecule has 0 spiro atoms. The standard InChI is InChI=1S/C15H13Cl2N3O5/c1-24-14-7-10(20(22)23)3-4-12(14)19-15(21)18-8-25-13-5-2-9(16)6-11(13)17/h2-7H,8H2,1H3,(H2,18,19,21). The van der Waals surface area contributed by atoms with Crippen molar-refractivity contribution in [2.75, 3.05) is 19.2 Å². The van der Waals surface area contributed by atoms with Gasteiger partial charge in [0.1, 0.15) is 11.5 Å². The molecule has 0 aliphatic heterocycles. The van der Waals surface area contributed by atoms with Crippen LogP contribution in [0.3, 0.4) is 0 Å². The van der Waals surface area contributed by atoms with E-state index < -0.39 is 11.0 Å². The summed E-state index contributed by atoms with van der Waals surface area (Å²) in [4.78, 5) is 22.1. The highest BCUT2D eigenvalue weighted by Gasteiger charge is 2.13. The lowest BCUT2D eigenvalue weighted by molar-refractivity contribution is -0.384. The van der Waals surface area contributed by atoms with Crippen molar-refractivity contribution in [3.8, 4) is 11.5 Å². The van der Waals surface area contributed by atoms with Crippen molar-refractivity contribution in [3.05, 3.63) is 56.6 Å². The van der Waals surface area contributed by atoms with E-state index >= 15 is 0 Å². The number of nitrogens with one attached hydrogen (secondary N) is 2. The molecule has 0 bridgehead atoms. The molecule has 0 saturated heterocycles. The highest BCUT2D eigenvalue weighted by atomic mass is 35.5. The number of ether oxygens (including phenoxy) is 2. The molecule has 0 aromatic heterocycles. The molecule has 0 unspecified atom stereocenters. The second-order valence-electron chi connectivity index (χ2n) is 4.64. The van der Waals surface area contributed by atoms with Crippen molar-refractivity contribution in [1.82, 2.24) is 5.32 Å². The zero-order valence-corrected chi connectivity index (χ0v) is 14.4. The largest absolute Gasteiger partial charge is 0.494 e. The average Bonchev–Trinajstić information content (AvgIpc) is 2.57. The number of methoxy groups -OCH3 is 1. The number of anilines is 1. The van der Waals surface area contributed by atoms with Gasteiger partial charge in [0.05, 0.1) is 28.8 Å². The summed E-state index contributed by atoms with van der Waals surface area (Å²) < 4.78 is 10.4. The van der Waals surface area contributed by atoms with Crippen molar-refractivity contribution in [2.45, 2.75) is 0 Å². The Morgan fingerprint density at radius 2 is 1.96 bits per heavy atom. The van der Waals surface area contributed by atoms with Gasteiger partial charge in [-0.3, -0.25) is 10.1 Å². The third-order valence-electron chi connectivity index (χ3n) is 3.00. The number of halogens is 2. The van der Waals surface area contributed by atoms with Gasteiger partial charge >= 0.3 is 6.03 Å². The number of hydrogen-bond donors (Lipinski definition) is 2. The van der Waals surface area contributed by atoms with Gasteiger partial charge in [-0.1, -0.05) is 23.2 Å². The number of carbonyl (C=O) groups excluding carboxylic acids is 1. The first-order chi connectivity index (χ1) is 11.9. The van der Waals surface area contributed by atoms with Crippen molar-refractivity contribution in [3.63, 3.8) is 0 Å². The van der Waals surface area contributed by atoms with E-state index in [2.05, 4.69) is 10.6 Å². The van der Waals surface area contributed by atoms with E-state index in [0.717, 1.165) is 0 Å². The fourth-order valence-corrected chi connectivity index (χ4v) is 2.30. The lowest BCUT2D eigenvalue weighted by Gasteiger charge is -2.12. The van der Waals surface area contributed by atoms with Crippen LogP contribution in [0.25, 0.3) is 0 Å². The van der Waals surface area contributed by atoms with Crippen LogP contribution in [-0.2, 0) is 0 Å². The van der Waals surface area contributed by atoms with Crippen LogP contribution in [0.4, 0.5) is 16.2 Å². The van der Waals surface area contributed by atoms with Gasteiger partial charge in [0.15, 0.2) is 6.73 Å². The van der Waals surface area contributed by atoms with Crippen LogP contribution in [-0.4, -0.2) is 24.8 Å². The fraction of sp³-hybridized carbons (Fsp3) is 0.133. The number of benzene rings is 2. The molecule has 0 atom stereocenters. The van der Waals surface area contributed by atoms with Gasteiger partial charge in [0.25, 0.3) is 5.69 Å². The van der Waals surface area contributed by atoms with E-state index in [0.29, 0.717) is 15.8 Å². The summed E-state index contributed by atoms with van der Waals surface area (Å²) in [5.41, 5.74) is 0.124. The Labute approximate surface area is 152 Å². The van der Waals surface area contributed by atoms with Crippen LogP contribution in [0, 0.1) is 10.1 Å². The fourth-order valence-electron chi connectivity index (χ4n) is 1.83. The Bertz CT molecular complexity index is 801. The summed E-state index contributed by atoms with van der Waals surface area (Å²) in [6.07, 6.45) is 0. The summed E-state index contributed by atoms with van der Waals surface area (Å²) in [5, 5.41) is 16.5. The number of hydrogen-bond acceptors (Lipinski definition) is 5. The molecule has 2 aromatic carbocycles. The Morgan fingerprint density at radius 3 is 2.60 bits per heavy atom. The molecular formula is C15H13Cl2N3O5. The first kappa shape index (κ1) is 18.6. The third-order valence-corrected chi connectivity index (χ3v) is 3.53. The first-order valence-corrected chi connectivity index (χ1v) is 7.61. The molecule has 2 rings (SSSR count). The van der Waals surface area contributed by atoms with E-state index in [1.54, 1.807) is 12.1 Å². The Kier molecular flexibility index (Phi) is 6.26. The van der Waals surface area contributed by atoms with E-state index in [9.17, 15) is 14.9 Å². The van der Waals surface area contributed by atoms with Crippen LogP contribution in [0.15, 0.2) is 36.4 Å². The number of carbonyl (C=O) groups is 1. The number of nitrogens with zero attached hydrogens (tertiary/aromatic N) is 1. The topological polar surface area (TPSA) is 103 Å². The van der Waals surface area contributed by atoms with Gasteiger partial charge < -0.3 is 20.1 Å². The lowest BCUT2D eigenvalue weighted by atomic mass is 10.2. The van der Waals surface area contributed by atoms with Crippen molar-refractivity contribution < 1.29 is 19.2 Å². The van der Waals surface area contributed by atoms with Crippen LogP contribution in [0.1, 0.15) is 0 Å². The highest BCUT2D eigenvalue weighted by Crippen LogP contribution is 2.29. The SMILES string of the molecule is COc1cc([N+](=O)[O-])ccc1NC(=O)NCOc1ccc(Cl)cc1Cl. The maximum Gasteiger partial charge on any atom is 0.321 e.